The number of alkyl halides is 5. The van der Waals surface area contributed by atoms with Gasteiger partial charge in [0.15, 0.2) is 19.8 Å². The number of nitrogens with zero attached hydrogens (tertiary/aromatic N) is 1. The van der Waals surface area contributed by atoms with Crippen molar-refractivity contribution in [1.29, 1.82) is 0 Å². The van der Waals surface area contributed by atoms with E-state index in [4.69, 9.17) is 16.0 Å². The number of carbonyl (C=O) groups is 1. The lowest BCUT2D eigenvalue weighted by Crippen LogP contribution is -2.40. The minimum atomic E-state index is -5.18. The maximum absolute atomic E-state index is 14.3. The van der Waals surface area contributed by atoms with Crippen LogP contribution in [0.5, 0.6) is 0 Å². The molecule has 0 aliphatic rings. The van der Waals surface area contributed by atoms with E-state index in [1.165, 1.54) is 36.4 Å². The fraction of sp³-hybridized carbons (Fsp3) is 0.333. The first-order valence-electron chi connectivity index (χ1n) is 11.5. The Hall–Kier alpha value is -2.62. The quantitative estimate of drug-likeness (QED) is 0.166. The van der Waals surface area contributed by atoms with Crippen molar-refractivity contribution in [3.05, 3.63) is 87.7 Å². The highest BCUT2D eigenvalue weighted by Gasteiger charge is 2.43. The SMILES string of the molecule is CC(C)(C)[Si](C)(C)OCc1c(C(F)F)nc(C(F)(F)F)c(C(=O)c2ccc(Cl)cc2)c1-c1ccccc1. The van der Waals surface area contributed by atoms with E-state index in [-0.39, 0.29) is 32.3 Å². The molecule has 0 aliphatic carbocycles. The second kappa shape index (κ2) is 10.6. The third-order valence-corrected chi connectivity index (χ3v) is 11.3. The number of pyridine rings is 1. The lowest BCUT2D eigenvalue weighted by Gasteiger charge is -2.36. The van der Waals surface area contributed by atoms with Gasteiger partial charge in [0.05, 0.1) is 12.2 Å². The van der Waals surface area contributed by atoms with Gasteiger partial charge in [-0.15, -0.1) is 0 Å². The van der Waals surface area contributed by atoms with Crippen molar-refractivity contribution < 1.29 is 31.2 Å². The molecule has 0 atom stereocenters. The Labute approximate surface area is 218 Å². The van der Waals surface area contributed by atoms with Gasteiger partial charge in [0.2, 0.25) is 0 Å². The van der Waals surface area contributed by atoms with Gasteiger partial charge in [-0.3, -0.25) is 4.79 Å². The maximum Gasteiger partial charge on any atom is 0.434 e. The minimum absolute atomic E-state index is 0.0880. The second-order valence-electron chi connectivity index (χ2n) is 10.1. The summed E-state index contributed by atoms with van der Waals surface area (Å²) in [5.74, 6) is -1.01. The molecule has 0 amide bonds. The van der Waals surface area contributed by atoms with Crippen LogP contribution < -0.4 is 0 Å². The van der Waals surface area contributed by atoms with Crippen molar-refractivity contribution in [2.45, 2.75) is 58.1 Å². The highest BCUT2D eigenvalue weighted by atomic mass is 35.5. The number of benzene rings is 2. The summed E-state index contributed by atoms with van der Waals surface area (Å²) in [6.45, 7) is 9.22. The molecule has 0 radical (unpaired) electrons. The van der Waals surface area contributed by atoms with E-state index >= 15 is 0 Å². The van der Waals surface area contributed by atoms with Gasteiger partial charge >= 0.3 is 6.18 Å². The predicted octanol–water partition coefficient (Wildman–Crippen LogP) is 9.11. The van der Waals surface area contributed by atoms with Gasteiger partial charge in [-0.05, 0) is 48.0 Å². The van der Waals surface area contributed by atoms with Crippen molar-refractivity contribution >= 4 is 25.7 Å². The molecule has 0 fully saturated rings. The second-order valence-corrected chi connectivity index (χ2v) is 15.4. The van der Waals surface area contributed by atoms with E-state index in [9.17, 15) is 26.7 Å². The molecule has 10 heteroatoms. The average molecular weight is 556 g/mol. The number of carbonyl (C=O) groups excluding carboxylic acids is 1. The van der Waals surface area contributed by atoms with Gasteiger partial charge in [0, 0.05) is 21.7 Å². The Bertz CT molecular complexity index is 1270. The van der Waals surface area contributed by atoms with E-state index in [1.807, 2.05) is 33.9 Å². The van der Waals surface area contributed by atoms with Crippen LogP contribution in [-0.2, 0) is 17.2 Å². The van der Waals surface area contributed by atoms with Crippen LogP contribution in [0.1, 0.15) is 60.1 Å². The molecule has 1 heterocycles. The van der Waals surface area contributed by atoms with E-state index in [1.54, 1.807) is 18.2 Å². The van der Waals surface area contributed by atoms with E-state index in [0.29, 0.717) is 0 Å². The highest BCUT2D eigenvalue weighted by molar-refractivity contribution is 6.74. The fourth-order valence-electron chi connectivity index (χ4n) is 3.53. The van der Waals surface area contributed by atoms with Crippen LogP contribution in [0.3, 0.4) is 0 Å². The largest absolute Gasteiger partial charge is 0.434 e. The molecule has 0 spiro atoms. The number of rotatable bonds is 7. The van der Waals surface area contributed by atoms with Crippen LogP contribution in [0.25, 0.3) is 11.1 Å². The lowest BCUT2D eigenvalue weighted by molar-refractivity contribution is -0.141. The van der Waals surface area contributed by atoms with Gasteiger partial charge in [-0.2, -0.15) is 13.2 Å². The first kappa shape index (κ1) is 28.9. The monoisotopic (exact) mass is 555 g/mol. The summed E-state index contributed by atoms with van der Waals surface area (Å²) in [4.78, 5) is 17.0. The molecule has 0 saturated carbocycles. The van der Waals surface area contributed by atoms with Crippen molar-refractivity contribution in [1.82, 2.24) is 4.98 Å². The van der Waals surface area contributed by atoms with E-state index in [2.05, 4.69) is 4.98 Å². The zero-order valence-corrected chi connectivity index (χ0v) is 22.8. The smallest absolute Gasteiger partial charge is 0.412 e. The molecule has 3 nitrogen and oxygen atoms in total. The molecule has 198 valence electrons. The summed E-state index contributed by atoms with van der Waals surface area (Å²) in [6.07, 6.45) is -8.51. The Balaban J connectivity index is 2.42. The van der Waals surface area contributed by atoms with Crippen LogP contribution >= 0.6 is 11.6 Å². The Kier molecular flexibility index (Phi) is 8.31. The van der Waals surface area contributed by atoms with Crippen LogP contribution in [0.4, 0.5) is 22.0 Å². The maximum atomic E-state index is 14.3. The average Bonchev–Trinajstić information content (AvgIpc) is 2.81. The summed E-state index contributed by atoms with van der Waals surface area (Å²) >= 11 is 5.90. The number of halogens is 6. The molecular formula is C27H27ClF5NO2Si. The number of ketones is 1. The number of hydrogen-bond donors (Lipinski definition) is 0. The number of hydrogen-bond acceptors (Lipinski definition) is 3. The molecular weight excluding hydrogens is 529 g/mol. The van der Waals surface area contributed by atoms with Gasteiger partial charge in [0.25, 0.3) is 6.43 Å². The van der Waals surface area contributed by atoms with Crippen LogP contribution in [0.15, 0.2) is 54.6 Å². The molecule has 3 rings (SSSR count). The molecule has 0 bridgehead atoms. The zero-order chi connectivity index (χ0) is 27.8. The molecule has 37 heavy (non-hydrogen) atoms. The molecule has 3 aromatic rings. The molecule has 0 unspecified atom stereocenters. The first-order chi connectivity index (χ1) is 17.0. The van der Waals surface area contributed by atoms with Crippen molar-refractivity contribution in [3.8, 4) is 11.1 Å². The standard InChI is InChI=1S/C27H27ClF5NO2Si/c1-26(2,3)37(4,5)36-15-19-20(16-9-7-6-8-10-16)21(23(35)17-11-13-18(28)14-12-17)24(27(31,32)33)34-22(19)25(29)30/h6-14,25H,15H2,1-5H3. The van der Waals surface area contributed by atoms with Crippen LogP contribution in [-0.4, -0.2) is 19.1 Å². The summed E-state index contributed by atoms with van der Waals surface area (Å²) in [5.41, 5.74) is -3.96. The minimum Gasteiger partial charge on any atom is -0.412 e. The summed E-state index contributed by atoms with van der Waals surface area (Å²) < 4.78 is 77.6. The van der Waals surface area contributed by atoms with Gasteiger partial charge in [-0.25, -0.2) is 13.8 Å². The fourth-order valence-corrected chi connectivity index (χ4v) is 4.60. The Morgan fingerprint density at radius 3 is 2.05 bits per heavy atom. The summed E-state index contributed by atoms with van der Waals surface area (Å²) in [7, 11) is -2.53. The molecule has 0 N–H and O–H groups in total. The summed E-state index contributed by atoms with van der Waals surface area (Å²) in [5, 5.41) is -0.0165. The van der Waals surface area contributed by atoms with Crippen molar-refractivity contribution in [2.75, 3.05) is 0 Å². The van der Waals surface area contributed by atoms with Gasteiger partial charge < -0.3 is 4.43 Å². The third kappa shape index (κ3) is 6.27. The molecule has 2 aromatic carbocycles. The molecule has 1 aromatic heterocycles. The zero-order valence-electron chi connectivity index (χ0n) is 21.0. The van der Waals surface area contributed by atoms with Crippen molar-refractivity contribution in [2.24, 2.45) is 0 Å². The van der Waals surface area contributed by atoms with Crippen LogP contribution in [0, 0.1) is 0 Å². The lowest BCUT2D eigenvalue weighted by atomic mass is 9.88. The Morgan fingerprint density at radius 1 is 1.00 bits per heavy atom. The molecule has 0 saturated heterocycles. The van der Waals surface area contributed by atoms with Crippen molar-refractivity contribution in [3.63, 3.8) is 0 Å². The van der Waals surface area contributed by atoms with E-state index in [0.717, 1.165) is 0 Å². The first-order valence-corrected chi connectivity index (χ1v) is 14.7. The normalized spacial score (nSPS) is 12.8. The van der Waals surface area contributed by atoms with E-state index < -0.39 is 50.3 Å². The third-order valence-electron chi connectivity index (χ3n) is 6.58. The number of aromatic nitrogens is 1. The predicted molar refractivity (Wildman–Crippen MR) is 137 cm³/mol. The topological polar surface area (TPSA) is 39.2 Å². The van der Waals surface area contributed by atoms with Gasteiger partial charge in [0.1, 0.15) is 5.69 Å². The molecule has 0 aliphatic heterocycles. The van der Waals surface area contributed by atoms with Crippen LogP contribution in [0.2, 0.25) is 23.2 Å². The Morgan fingerprint density at radius 2 is 1.57 bits per heavy atom. The highest BCUT2D eigenvalue weighted by Crippen LogP contribution is 2.43. The summed E-state index contributed by atoms with van der Waals surface area (Å²) in [6, 6.07) is 13.0. The van der Waals surface area contributed by atoms with Gasteiger partial charge in [-0.1, -0.05) is 62.7 Å².